The van der Waals surface area contributed by atoms with Crippen molar-refractivity contribution in [1.82, 2.24) is 0 Å². The van der Waals surface area contributed by atoms with Crippen LogP contribution in [-0.4, -0.2) is 13.2 Å². The molecule has 1 aliphatic rings. The number of ether oxygens (including phenoxy) is 1. The van der Waals surface area contributed by atoms with Gasteiger partial charge in [-0.25, -0.2) is 0 Å². The van der Waals surface area contributed by atoms with Gasteiger partial charge in [-0.05, 0) is 68.2 Å². The molecule has 4 N–H and O–H groups in total. The third-order valence-corrected chi connectivity index (χ3v) is 4.68. The lowest BCUT2D eigenvalue weighted by Gasteiger charge is -2.31. The quantitative estimate of drug-likeness (QED) is 0.880. The minimum Gasteiger partial charge on any atom is -0.496 e. The van der Waals surface area contributed by atoms with Gasteiger partial charge in [0.15, 0.2) is 0 Å². The third-order valence-electron chi connectivity index (χ3n) is 4.68. The Morgan fingerprint density at radius 1 is 1.11 bits per heavy atom. The first-order chi connectivity index (χ1) is 9.04. The van der Waals surface area contributed by atoms with Gasteiger partial charge < -0.3 is 16.2 Å². The summed E-state index contributed by atoms with van der Waals surface area (Å²) >= 11 is 0. The molecule has 1 saturated carbocycles. The Hall–Kier alpha value is -1.06. The lowest BCUT2D eigenvalue weighted by molar-refractivity contribution is 0.284. The molecule has 1 atom stereocenters. The zero-order chi connectivity index (χ0) is 14.0. The predicted molar refractivity (Wildman–Crippen MR) is 79.3 cm³/mol. The second-order valence-electron chi connectivity index (χ2n) is 5.81. The van der Waals surface area contributed by atoms with E-state index in [4.69, 9.17) is 16.2 Å². The number of hydrogen-bond donors (Lipinski definition) is 2. The first-order valence-electron chi connectivity index (χ1n) is 7.19. The van der Waals surface area contributed by atoms with E-state index in [9.17, 15) is 0 Å². The number of nitrogens with two attached hydrogens (primary N) is 2. The van der Waals surface area contributed by atoms with Crippen molar-refractivity contribution in [2.45, 2.75) is 51.6 Å². The van der Waals surface area contributed by atoms with Crippen LogP contribution in [-0.2, 0) is 0 Å². The van der Waals surface area contributed by atoms with Crippen molar-refractivity contribution >= 4 is 0 Å². The van der Waals surface area contributed by atoms with Crippen LogP contribution in [0.1, 0.15) is 48.4 Å². The molecule has 106 valence electrons. The maximum atomic E-state index is 6.49. The first-order valence-corrected chi connectivity index (χ1v) is 7.19. The van der Waals surface area contributed by atoms with Crippen LogP contribution in [0.2, 0.25) is 0 Å². The molecule has 1 unspecified atom stereocenters. The summed E-state index contributed by atoms with van der Waals surface area (Å²) in [6, 6.07) is 4.66. The van der Waals surface area contributed by atoms with Crippen LogP contribution in [0.3, 0.4) is 0 Å². The molecule has 1 aromatic rings. The monoisotopic (exact) mass is 262 g/mol. The fourth-order valence-electron chi connectivity index (χ4n) is 3.16. The number of rotatable bonds is 3. The summed E-state index contributed by atoms with van der Waals surface area (Å²) < 4.78 is 5.36. The lowest BCUT2D eigenvalue weighted by atomic mass is 9.78. The average Bonchev–Trinajstić information content (AvgIpc) is 2.42. The minimum absolute atomic E-state index is 0.122. The largest absolute Gasteiger partial charge is 0.496 e. The summed E-state index contributed by atoms with van der Waals surface area (Å²) in [4.78, 5) is 0. The minimum atomic E-state index is 0.122. The number of hydrogen-bond acceptors (Lipinski definition) is 3. The Labute approximate surface area is 116 Å². The zero-order valence-corrected chi connectivity index (χ0v) is 12.3. The van der Waals surface area contributed by atoms with E-state index < -0.39 is 0 Å². The van der Waals surface area contributed by atoms with E-state index in [1.165, 1.54) is 16.7 Å². The van der Waals surface area contributed by atoms with E-state index in [1.807, 2.05) is 6.07 Å². The highest BCUT2D eigenvalue weighted by molar-refractivity contribution is 5.44. The number of benzene rings is 1. The normalized spacial score (nSPS) is 25.1. The second-order valence-corrected chi connectivity index (χ2v) is 5.81. The molecular weight excluding hydrogens is 236 g/mol. The Morgan fingerprint density at radius 2 is 1.74 bits per heavy atom. The summed E-state index contributed by atoms with van der Waals surface area (Å²) in [7, 11) is 1.71. The van der Waals surface area contributed by atoms with E-state index in [0.29, 0.717) is 12.0 Å². The van der Waals surface area contributed by atoms with Crippen molar-refractivity contribution in [2.75, 3.05) is 7.11 Å². The van der Waals surface area contributed by atoms with Crippen molar-refractivity contribution in [3.05, 3.63) is 28.8 Å². The van der Waals surface area contributed by atoms with Crippen LogP contribution in [0.15, 0.2) is 12.1 Å². The Kier molecular flexibility index (Phi) is 4.48. The van der Waals surface area contributed by atoms with Gasteiger partial charge in [0, 0.05) is 12.1 Å². The molecule has 1 aromatic carbocycles. The second kappa shape index (κ2) is 5.93. The van der Waals surface area contributed by atoms with E-state index >= 15 is 0 Å². The standard InChI is InChI=1S/C16H26N2O/c1-10-11(2)15(19-3)9-8-14(10)16(18)12-4-6-13(17)7-5-12/h8-9,12-13,16H,4-7,17-18H2,1-3H3. The average molecular weight is 262 g/mol. The molecule has 0 heterocycles. The molecule has 19 heavy (non-hydrogen) atoms. The van der Waals surface area contributed by atoms with E-state index in [0.717, 1.165) is 31.4 Å². The van der Waals surface area contributed by atoms with Crippen molar-refractivity contribution in [3.8, 4) is 5.75 Å². The topological polar surface area (TPSA) is 61.3 Å². The van der Waals surface area contributed by atoms with E-state index in [2.05, 4.69) is 19.9 Å². The third kappa shape index (κ3) is 2.93. The smallest absolute Gasteiger partial charge is 0.122 e. The van der Waals surface area contributed by atoms with Crippen molar-refractivity contribution < 1.29 is 4.74 Å². The highest BCUT2D eigenvalue weighted by Gasteiger charge is 2.26. The molecule has 1 fully saturated rings. The van der Waals surface area contributed by atoms with Crippen LogP contribution in [0.4, 0.5) is 0 Å². The number of methoxy groups -OCH3 is 1. The van der Waals surface area contributed by atoms with Crippen LogP contribution in [0, 0.1) is 19.8 Å². The van der Waals surface area contributed by atoms with Gasteiger partial charge in [0.2, 0.25) is 0 Å². The van der Waals surface area contributed by atoms with Crippen molar-refractivity contribution in [3.63, 3.8) is 0 Å². The molecule has 0 bridgehead atoms. The van der Waals surface area contributed by atoms with E-state index in [1.54, 1.807) is 7.11 Å². The first kappa shape index (κ1) is 14.4. The van der Waals surface area contributed by atoms with Gasteiger partial charge in [-0.1, -0.05) is 6.07 Å². The Morgan fingerprint density at radius 3 is 2.32 bits per heavy atom. The maximum absolute atomic E-state index is 6.49. The van der Waals surface area contributed by atoms with E-state index in [-0.39, 0.29) is 6.04 Å². The summed E-state index contributed by atoms with van der Waals surface area (Å²) in [5.74, 6) is 1.51. The molecule has 3 nitrogen and oxygen atoms in total. The molecule has 0 saturated heterocycles. The van der Waals surface area contributed by atoms with Gasteiger partial charge in [-0.3, -0.25) is 0 Å². The van der Waals surface area contributed by atoms with Crippen LogP contribution in [0.5, 0.6) is 5.75 Å². The molecule has 1 aliphatic carbocycles. The van der Waals surface area contributed by atoms with Gasteiger partial charge >= 0.3 is 0 Å². The highest BCUT2D eigenvalue weighted by Crippen LogP contribution is 2.36. The molecule has 3 heteroatoms. The summed E-state index contributed by atoms with van der Waals surface area (Å²) in [6.45, 7) is 4.24. The summed E-state index contributed by atoms with van der Waals surface area (Å²) in [5.41, 5.74) is 16.2. The molecule has 2 rings (SSSR count). The van der Waals surface area contributed by atoms with Gasteiger partial charge in [-0.2, -0.15) is 0 Å². The van der Waals surface area contributed by atoms with Gasteiger partial charge in [0.05, 0.1) is 7.11 Å². The molecule has 0 radical (unpaired) electrons. The lowest BCUT2D eigenvalue weighted by Crippen LogP contribution is -2.32. The fourth-order valence-corrected chi connectivity index (χ4v) is 3.16. The molecule has 0 spiro atoms. The van der Waals surface area contributed by atoms with Gasteiger partial charge in [0.1, 0.15) is 5.75 Å². The van der Waals surface area contributed by atoms with Crippen LogP contribution < -0.4 is 16.2 Å². The Balaban J connectivity index is 2.19. The molecule has 0 aliphatic heterocycles. The summed E-state index contributed by atoms with van der Waals surface area (Å²) in [6.07, 6.45) is 4.50. The zero-order valence-electron chi connectivity index (χ0n) is 12.3. The fraction of sp³-hybridized carbons (Fsp3) is 0.625. The highest BCUT2D eigenvalue weighted by atomic mass is 16.5. The van der Waals surface area contributed by atoms with Crippen molar-refractivity contribution in [1.29, 1.82) is 0 Å². The van der Waals surface area contributed by atoms with Gasteiger partial charge in [0.25, 0.3) is 0 Å². The molecule has 0 amide bonds. The van der Waals surface area contributed by atoms with Crippen LogP contribution >= 0.6 is 0 Å². The maximum Gasteiger partial charge on any atom is 0.122 e. The molecule has 0 aromatic heterocycles. The molecular formula is C16H26N2O. The van der Waals surface area contributed by atoms with Crippen molar-refractivity contribution in [2.24, 2.45) is 17.4 Å². The summed E-state index contributed by atoms with van der Waals surface area (Å²) in [5, 5.41) is 0. The SMILES string of the molecule is COc1ccc(C(N)C2CCC(N)CC2)c(C)c1C. The van der Waals surface area contributed by atoms with Gasteiger partial charge in [-0.15, -0.1) is 0 Å². The Bertz CT molecular complexity index is 437. The van der Waals surface area contributed by atoms with Crippen LogP contribution in [0.25, 0.3) is 0 Å². The predicted octanol–water partition coefficient (Wildman–Crippen LogP) is 2.83.